The van der Waals surface area contributed by atoms with E-state index >= 15 is 0 Å². The van der Waals surface area contributed by atoms with E-state index in [0.717, 1.165) is 32.5 Å². The van der Waals surface area contributed by atoms with E-state index in [-0.39, 0.29) is 6.04 Å². The molecule has 14 heavy (non-hydrogen) atoms. The maximum atomic E-state index is 11.9. The number of hydrogen-bond donors (Lipinski definition) is 1. The van der Waals surface area contributed by atoms with Gasteiger partial charge in [-0.15, -0.1) is 0 Å². The van der Waals surface area contributed by atoms with Gasteiger partial charge in [0.05, 0.1) is 12.1 Å². The Kier molecular flexibility index (Phi) is 2.74. The summed E-state index contributed by atoms with van der Waals surface area (Å²) in [6.07, 6.45) is 2.13. The molecule has 0 aromatic rings. The van der Waals surface area contributed by atoms with Gasteiger partial charge in [-0.2, -0.15) is 0 Å². The normalized spacial score (nSPS) is 30.6. The van der Waals surface area contributed by atoms with Crippen LogP contribution in [0.3, 0.4) is 0 Å². The molecule has 4 heteroatoms. The number of hydrogen-bond acceptors (Lipinski definition) is 3. The predicted molar refractivity (Wildman–Crippen MR) is 55.1 cm³/mol. The lowest BCUT2D eigenvalue weighted by Crippen LogP contribution is -2.63. The molecule has 2 fully saturated rings. The van der Waals surface area contributed by atoms with Crippen LogP contribution < -0.4 is 5.32 Å². The van der Waals surface area contributed by atoms with Crippen LogP contribution in [-0.2, 0) is 4.79 Å². The molecule has 0 radical (unpaired) electrons. The first-order chi connectivity index (χ1) is 6.72. The van der Waals surface area contributed by atoms with E-state index in [1.807, 2.05) is 7.05 Å². The van der Waals surface area contributed by atoms with E-state index in [4.69, 9.17) is 0 Å². The minimum Gasteiger partial charge on any atom is -0.336 e. The van der Waals surface area contributed by atoms with Crippen LogP contribution >= 0.6 is 0 Å². The fourth-order valence-corrected chi connectivity index (χ4v) is 2.39. The van der Waals surface area contributed by atoms with Gasteiger partial charge in [-0.1, -0.05) is 0 Å². The van der Waals surface area contributed by atoms with E-state index in [1.165, 1.54) is 0 Å². The molecule has 1 N–H and O–H groups in total. The third-order valence-electron chi connectivity index (χ3n) is 3.31. The third kappa shape index (κ3) is 1.64. The summed E-state index contributed by atoms with van der Waals surface area (Å²) in [5.41, 5.74) is 0. The molecule has 0 bridgehead atoms. The fraction of sp³-hybridized carbons (Fsp3) is 0.900. The van der Waals surface area contributed by atoms with Gasteiger partial charge in [0, 0.05) is 19.6 Å². The SMILES string of the molecule is CNC1CCCN(C2CN(C)C2)C1=O. The summed E-state index contributed by atoms with van der Waals surface area (Å²) in [7, 11) is 3.97. The molecule has 2 aliphatic heterocycles. The first kappa shape index (κ1) is 9.93. The van der Waals surface area contributed by atoms with Gasteiger partial charge in [0.15, 0.2) is 0 Å². The van der Waals surface area contributed by atoms with Crippen LogP contribution in [0.25, 0.3) is 0 Å². The van der Waals surface area contributed by atoms with Crippen molar-refractivity contribution in [2.45, 2.75) is 24.9 Å². The molecule has 0 aromatic heterocycles. The second-order valence-electron chi connectivity index (χ2n) is 4.39. The van der Waals surface area contributed by atoms with E-state index < -0.39 is 0 Å². The monoisotopic (exact) mass is 197 g/mol. The van der Waals surface area contributed by atoms with Gasteiger partial charge >= 0.3 is 0 Å². The van der Waals surface area contributed by atoms with E-state index in [9.17, 15) is 4.79 Å². The van der Waals surface area contributed by atoms with Crippen LogP contribution in [0.1, 0.15) is 12.8 Å². The highest BCUT2D eigenvalue weighted by Crippen LogP contribution is 2.19. The summed E-state index contributed by atoms with van der Waals surface area (Å²) in [5, 5.41) is 3.09. The molecule has 1 unspecified atom stereocenters. The number of piperidine rings is 1. The lowest BCUT2D eigenvalue weighted by Gasteiger charge is -2.46. The fourth-order valence-electron chi connectivity index (χ4n) is 2.39. The first-order valence-electron chi connectivity index (χ1n) is 5.38. The van der Waals surface area contributed by atoms with Gasteiger partial charge in [0.25, 0.3) is 0 Å². The molecule has 0 aromatic carbocycles. The Balaban J connectivity index is 1.94. The molecule has 2 saturated heterocycles. The number of nitrogens with one attached hydrogen (secondary N) is 1. The van der Waals surface area contributed by atoms with Crippen LogP contribution in [0.15, 0.2) is 0 Å². The van der Waals surface area contributed by atoms with Crippen molar-refractivity contribution in [3.8, 4) is 0 Å². The summed E-state index contributed by atoms with van der Waals surface area (Å²) in [5.74, 6) is 0.303. The van der Waals surface area contributed by atoms with Crippen molar-refractivity contribution < 1.29 is 4.79 Å². The zero-order chi connectivity index (χ0) is 10.1. The van der Waals surface area contributed by atoms with Crippen molar-refractivity contribution in [1.82, 2.24) is 15.1 Å². The Hall–Kier alpha value is -0.610. The molecule has 4 nitrogen and oxygen atoms in total. The van der Waals surface area contributed by atoms with E-state index in [0.29, 0.717) is 11.9 Å². The van der Waals surface area contributed by atoms with Crippen molar-refractivity contribution in [1.29, 1.82) is 0 Å². The van der Waals surface area contributed by atoms with Crippen LogP contribution in [0.4, 0.5) is 0 Å². The van der Waals surface area contributed by atoms with Gasteiger partial charge in [-0.3, -0.25) is 4.79 Å². The van der Waals surface area contributed by atoms with Gasteiger partial charge < -0.3 is 15.1 Å². The zero-order valence-corrected chi connectivity index (χ0v) is 8.99. The second-order valence-corrected chi connectivity index (χ2v) is 4.39. The zero-order valence-electron chi connectivity index (χ0n) is 8.99. The molecule has 0 saturated carbocycles. The van der Waals surface area contributed by atoms with Crippen molar-refractivity contribution in [3.05, 3.63) is 0 Å². The molecule has 0 aliphatic carbocycles. The number of nitrogens with zero attached hydrogens (tertiary/aromatic N) is 2. The summed E-state index contributed by atoms with van der Waals surface area (Å²) < 4.78 is 0. The Labute approximate surface area is 85.2 Å². The quantitative estimate of drug-likeness (QED) is 0.649. The van der Waals surface area contributed by atoms with Gasteiger partial charge in [-0.25, -0.2) is 0 Å². The second kappa shape index (κ2) is 3.87. The summed E-state index contributed by atoms with van der Waals surface area (Å²) in [6.45, 7) is 3.04. The Morgan fingerprint density at radius 1 is 1.43 bits per heavy atom. The van der Waals surface area contributed by atoms with E-state index in [2.05, 4.69) is 22.2 Å². The topological polar surface area (TPSA) is 35.6 Å². The molecule has 2 rings (SSSR count). The molecular formula is C10H19N3O. The van der Waals surface area contributed by atoms with Crippen molar-refractivity contribution >= 4 is 5.91 Å². The maximum Gasteiger partial charge on any atom is 0.240 e. The highest BCUT2D eigenvalue weighted by molar-refractivity contribution is 5.83. The number of carbonyl (C=O) groups excluding carboxylic acids is 1. The highest BCUT2D eigenvalue weighted by Gasteiger charge is 2.36. The number of rotatable bonds is 2. The van der Waals surface area contributed by atoms with Crippen LogP contribution in [0, 0.1) is 0 Å². The number of likely N-dealkylation sites (tertiary alicyclic amines) is 2. The summed E-state index contributed by atoms with van der Waals surface area (Å²) in [6, 6.07) is 0.540. The average Bonchev–Trinajstić information content (AvgIpc) is 2.14. The summed E-state index contributed by atoms with van der Waals surface area (Å²) >= 11 is 0. The largest absolute Gasteiger partial charge is 0.336 e. The van der Waals surface area contributed by atoms with Gasteiger partial charge in [0.2, 0.25) is 5.91 Å². The van der Waals surface area contributed by atoms with Crippen LogP contribution in [0.2, 0.25) is 0 Å². The molecule has 2 aliphatic rings. The van der Waals surface area contributed by atoms with Gasteiger partial charge in [-0.05, 0) is 26.9 Å². The Bertz CT molecular complexity index is 225. The maximum absolute atomic E-state index is 11.9. The lowest BCUT2D eigenvalue weighted by atomic mass is 9.99. The lowest BCUT2D eigenvalue weighted by molar-refractivity contribution is -0.141. The standard InChI is InChI=1S/C10H19N3O/c1-11-9-4-3-5-13(10(9)14)8-6-12(2)7-8/h8-9,11H,3-7H2,1-2H3. The number of likely N-dealkylation sites (N-methyl/N-ethyl adjacent to an activating group) is 2. The third-order valence-corrected chi connectivity index (χ3v) is 3.31. The summed E-state index contributed by atoms with van der Waals surface area (Å²) in [4.78, 5) is 16.3. The van der Waals surface area contributed by atoms with E-state index in [1.54, 1.807) is 0 Å². The molecule has 2 heterocycles. The Morgan fingerprint density at radius 2 is 2.14 bits per heavy atom. The molecule has 1 atom stereocenters. The Morgan fingerprint density at radius 3 is 2.71 bits per heavy atom. The predicted octanol–water partition coefficient (Wildman–Crippen LogP) is -0.489. The van der Waals surface area contributed by atoms with Crippen molar-refractivity contribution in [2.24, 2.45) is 0 Å². The van der Waals surface area contributed by atoms with Crippen molar-refractivity contribution in [2.75, 3.05) is 33.7 Å². The van der Waals surface area contributed by atoms with Gasteiger partial charge in [0.1, 0.15) is 0 Å². The molecule has 80 valence electrons. The minimum atomic E-state index is 0.0645. The minimum absolute atomic E-state index is 0.0645. The van der Waals surface area contributed by atoms with Crippen molar-refractivity contribution in [3.63, 3.8) is 0 Å². The molecular weight excluding hydrogens is 178 g/mol. The number of carbonyl (C=O) groups is 1. The smallest absolute Gasteiger partial charge is 0.240 e. The highest BCUT2D eigenvalue weighted by atomic mass is 16.2. The van der Waals surface area contributed by atoms with Crippen LogP contribution in [-0.4, -0.2) is 61.5 Å². The molecule has 0 spiro atoms. The molecule has 1 amide bonds. The first-order valence-corrected chi connectivity index (χ1v) is 5.38. The average molecular weight is 197 g/mol. The van der Waals surface area contributed by atoms with Crippen LogP contribution in [0.5, 0.6) is 0 Å². The number of amides is 1.